The lowest BCUT2D eigenvalue weighted by Crippen LogP contribution is -2.16. The van der Waals surface area contributed by atoms with Gasteiger partial charge in [0.05, 0.1) is 15.2 Å². The van der Waals surface area contributed by atoms with Crippen LogP contribution in [0.2, 0.25) is 0 Å². The molecule has 1 aromatic heterocycles. The Labute approximate surface area is 153 Å². The van der Waals surface area contributed by atoms with Crippen LogP contribution in [-0.2, 0) is 4.79 Å². The van der Waals surface area contributed by atoms with Gasteiger partial charge in [-0.25, -0.2) is 4.98 Å². The van der Waals surface area contributed by atoms with Gasteiger partial charge in [-0.3, -0.25) is 10.1 Å². The van der Waals surface area contributed by atoms with Crippen LogP contribution in [0.5, 0.6) is 0 Å². The predicted molar refractivity (Wildman–Crippen MR) is 104 cm³/mol. The summed E-state index contributed by atoms with van der Waals surface area (Å²) < 4.78 is 0.979. The molecule has 1 amide bonds. The molecule has 2 N–H and O–H groups in total. The molecule has 0 saturated carbocycles. The number of thiazole rings is 1. The van der Waals surface area contributed by atoms with Crippen molar-refractivity contribution in [1.29, 1.82) is 5.26 Å². The average molecular weight is 366 g/mol. The third kappa shape index (κ3) is 3.99. The van der Waals surface area contributed by atoms with Crippen LogP contribution in [0.4, 0.5) is 10.8 Å². The summed E-state index contributed by atoms with van der Waals surface area (Å²) in [7, 11) is 0. The maximum atomic E-state index is 12.5. The van der Waals surface area contributed by atoms with Gasteiger partial charge in [0.2, 0.25) is 0 Å². The summed E-state index contributed by atoms with van der Waals surface area (Å²) in [5.41, 5.74) is 1.65. The number of carbonyl (C=O) groups excluding carboxylic acids is 1. The molecule has 0 aliphatic rings. The van der Waals surface area contributed by atoms with Crippen molar-refractivity contribution in [3.8, 4) is 6.07 Å². The van der Waals surface area contributed by atoms with E-state index in [0.29, 0.717) is 10.2 Å². The number of nitrogens with zero attached hydrogens (tertiary/aromatic N) is 2. The van der Waals surface area contributed by atoms with E-state index in [1.54, 1.807) is 0 Å². The first kappa shape index (κ1) is 17.0. The van der Waals surface area contributed by atoms with Crippen LogP contribution in [0.15, 0.2) is 65.2 Å². The Morgan fingerprint density at radius 1 is 1.12 bits per heavy atom. The fraction of sp³-hybridized carbons (Fsp3) is 0.0556. The molecule has 2 aromatic carbocycles. The highest BCUT2D eigenvalue weighted by atomic mass is 32.2. The molecule has 0 radical (unpaired) electrons. The lowest BCUT2D eigenvalue weighted by atomic mass is 10.3. The molecule has 0 bridgehead atoms. The smallest absolute Gasteiger partial charge is 0.270 e. The minimum atomic E-state index is -0.477. The van der Waals surface area contributed by atoms with Gasteiger partial charge in [-0.05, 0) is 30.5 Å². The van der Waals surface area contributed by atoms with Crippen LogP contribution >= 0.6 is 23.1 Å². The van der Waals surface area contributed by atoms with Gasteiger partial charge in [0, 0.05) is 5.69 Å². The summed E-state index contributed by atoms with van der Waals surface area (Å²) in [5, 5.41) is 16.3. The molecule has 0 aliphatic heterocycles. The van der Waals surface area contributed by atoms with Gasteiger partial charge in [-0.2, -0.15) is 5.26 Å². The second-order valence-electron chi connectivity index (χ2n) is 4.95. The van der Waals surface area contributed by atoms with Gasteiger partial charge < -0.3 is 5.32 Å². The lowest BCUT2D eigenvalue weighted by Gasteiger charge is -2.10. The number of aromatic nitrogens is 1. The van der Waals surface area contributed by atoms with Crippen LogP contribution < -0.4 is 10.6 Å². The normalized spacial score (nSPS) is 11.5. The summed E-state index contributed by atoms with van der Waals surface area (Å²) in [6.45, 7) is 0. The first-order valence-electron chi connectivity index (χ1n) is 7.38. The Hall–Kier alpha value is -2.82. The van der Waals surface area contributed by atoms with Gasteiger partial charge in [-0.15, -0.1) is 11.8 Å². The first-order chi connectivity index (χ1) is 12.2. The van der Waals surface area contributed by atoms with Crippen molar-refractivity contribution in [1.82, 2.24) is 4.98 Å². The number of thioether (sulfide) groups is 1. The number of nitriles is 1. The molecule has 0 aliphatic carbocycles. The van der Waals surface area contributed by atoms with Crippen LogP contribution in [-0.4, -0.2) is 17.1 Å². The summed E-state index contributed by atoms with van der Waals surface area (Å²) in [5.74, 6) is -0.477. The zero-order valence-corrected chi connectivity index (χ0v) is 14.9. The SMILES string of the molecule is CS/C(Nc1ccccc1)=C(\C#N)C(=O)Nc1nc2ccccc2s1. The number of hydrogen-bond donors (Lipinski definition) is 2. The van der Waals surface area contributed by atoms with E-state index < -0.39 is 5.91 Å². The van der Waals surface area contributed by atoms with E-state index in [0.717, 1.165) is 15.9 Å². The van der Waals surface area contributed by atoms with E-state index in [2.05, 4.69) is 15.6 Å². The zero-order chi connectivity index (χ0) is 17.6. The third-order valence-electron chi connectivity index (χ3n) is 3.32. The van der Waals surface area contributed by atoms with Gasteiger partial charge in [0.15, 0.2) is 5.13 Å². The maximum absolute atomic E-state index is 12.5. The monoisotopic (exact) mass is 366 g/mol. The van der Waals surface area contributed by atoms with E-state index in [1.165, 1.54) is 23.1 Å². The molecule has 124 valence electrons. The van der Waals surface area contributed by atoms with Gasteiger partial charge >= 0.3 is 0 Å². The lowest BCUT2D eigenvalue weighted by molar-refractivity contribution is -0.112. The Morgan fingerprint density at radius 3 is 2.52 bits per heavy atom. The topological polar surface area (TPSA) is 77.8 Å². The summed E-state index contributed by atoms with van der Waals surface area (Å²) >= 11 is 2.68. The van der Waals surface area contributed by atoms with E-state index in [9.17, 15) is 10.1 Å². The number of benzene rings is 2. The number of para-hydroxylation sites is 2. The number of carbonyl (C=O) groups is 1. The van der Waals surface area contributed by atoms with Crippen molar-refractivity contribution in [2.75, 3.05) is 16.9 Å². The van der Waals surface area contributed by atoms with Crippen LogP contribution in [0.3, 0.4) is 0 Å². The van der Waals surface area contributed by atoms with Gasteiger partial charge in [-0.1, -0.05) is 41.7 Å². The molecule has 5 nitrogen and oxygen atoms in total. The van der Waals surface area contributed by atoms with Crippen LogP contribution in [0, 0.1) is 11.3 Å². The summed E-state index contributed by atoms with van der Waals surface area (Å²) in [4.78, 5) is 16.9. The number of amides is 1. The fourth-order valence-electron chi connectivity index (χ4n) is 2.16. The molecule has 0 unspecified atom stereocenters. The zero-order valence-electron chi connectivity index (χ0n) is 13.3. The number of nitrogens with one attached hydrogen (secondary N) is 2. The number of rotatable bonds is 5. The van der Waals surface area contributed by atoms with E-state index >= 15 is 0 Å². The highest BCUT2D eigenvalue weighted by Crippen LogP contribution is 2.27. The van der Waals surface area contributed by atoms with E-state index in [4.69, 9.17) is 0 Å². The third-order valence-corrected chi connectivity index (χ3v) is 4.98. The molecule has 0 saturated heterocycles. The highest BCUT2D eigenvalue weighted by molar-refractivity contribution is 8.02. The minimum absolute atomic E-state index is 0.0237. The van der Waals surface area contributed by atoms with Crippen molar-refractivity contribution in [2.45, 2.75) is 0 Å². The molecular formula is C18H14N4OS2. The molecule has 7 heteroatoms. The molecule has 3 rings (SSSR count). The Morgan fingerprint density at radius 2 is 1.84 bits per heavy atom. The van der Waals surface area contributed by atoms with Crippen molar-refractivity contribution < 1.29 is 4.79 Å². The molecule has 25 heavy (non-hydrogen) atoms. The van der Waals surface area contributed by atoms with Crippen LogP contribution in [0.1, 0.15) is 0 Å². The molecule has 1 heterocycles. The second-order valence-corrected chi connectivity index (χ2v) is 6.80. The van der Waals surface area contributed by atoms with Crippen molar-refractivity contribution in [3.05, 3.63) is 65.2 Å². The van der Waals surface area contributed by atoms with Gasteiger partial charge in [0.25, 0.3) is 5.91 Å². The summed E-state index contributed by atoms with van der Waals surface area (Å²) in [6, 6.07) is 19.0. The molecule has 0 atom stereocenters. The molecule has 3 aromatic rings. The predicted octanol–water partition coefficient (Wildman–Crippen LogP) is 4.45. The first-order valence-corrected chi connectivity index (χ1v) is 9.42. The quantitative estimate of drug-likeness (QED) is 0.515. The van der Waals surface area contributed by atoms with Gasteiger partial charge in [0.1, 0.15) is 11.6 Å². The standard InChI is InChI=1S/C18H14N4OS2/c1-24-17(20-12-7-3-2-4-8-12)13(11-19)16(23)22-18-21-14-9-5-6-10-15(14)25-18/h2-10,20H,1H3,(H,21,22,23)/b17-13+. The number of fused-ring (bicyclic) bond motifs is 1. The molecule has 0 spiro atoms. The second kappa shape index (κ2) is 7.83. The van der Waals surface area contributed by atoms with Crippen molar-refractivity contribution in [3.63, 3.8) is 0 Å². The fourth-order valence-corrected chi connectivity index (χ4v) is 3.58. The van der Waals surface area contributed by atoms with E-state index in [1.807, 2.05) is 66.9 Å². The Bertz CT molecular complexity index is 940. The summed E-state index contributed by atoms with van der Waals surface area (Å²) in [6.07, 6.45) is 1.81. The highest BCUT2D eigenvalue weighted by Gasteiger charge is 2.17. The molecule has 0 fully saturated rings. The number of anilines is 2. The Kier molecular flexibility index (Phi) is 5.33. The maximum Gasteiger partial charge on any atom is 0.270 e. The molecular weight excluding hydrogens is 352 g/mol. The van der Waals surface area contributed by atoms with Crippen molar-refractivity contribution in [2.24, 2.45) is 0 Å². The average Bonchev–Trinajstić information content (AvgIpc) is 3.04. The van der Waals surface area contributed by atoms with E-state index in [-0.39, 0.29) is 5.57 Å². The van der Waals surface area contributed by atoms with Crippen molar-refractivity contribution >= 4 is 50.0 Å². The minimum Gasteiger partial charge on any atom is -0.349 e. The Balaban J connectivity index is 1.85. The van der Waals surface area contributed by atoms with Crippen LogP contribution in [0.25, 0.3) is 10.2 Å². The number of hydrogen-bond acceptors (Lipinski definition) is 6. The largest absolute Gasteiger partial charge is 0.349 e.